The van der Waals surface area contributed by atoms with E-state index in [-0.39, 0.29) is 24.4 Å². The minimum atomic E-state index is -3.81. The van der Waals surface area contributed by atoms with E-state index in [1.54, 1.807) is 6.92 Å². The monoisotopic (exact) mass is 276 g/mol. The van der Waals surface area contributed by atoms with Gasteiger partial charge in [-0.15, -0.1) is 0 Å². The zero-order valence-electron chi connectivity index (χ0n) is 9.95. The van der Waals surface area contributed by atoms with Crippen LogP contribution in [0.2, 0.25) is 0 Å². The fraction of sp³-hybridized carbons (Fsp3) is 0.417. The van der Waals surface area contributed by atoms with Gasteiger partial charge in [-0.1, -0.05) is 6.92 Å². The van der Waals surface area contributed by atoms with Crippen LogP contribution in [-0.4, -0.2) is 20.0 Å². The Balaban J connectivity index is 2.77. The molecule has 0 heterocycles. The first-order valence-electron chi connectivity index (χ1n) is 5.56. The Bertz CT molecular complexity index is 538. The summed E-state index contributed by atoms with van der Waals surface area (Å²) in [6, 6.07) is 2.33. The van der Waals surface area contributed by atoms with Crippen molar-refractivity contribution in [2.45, 2.75) is 31.1 Å². The summed E-state index contributed by atoms with van der Waals surface area (Å²) >= 11 is 0. The van der Waals surface area contributed by atoms with Crippen LogP contribution in [0.1, 0.15) is 26.2 Å². The van der Waals surface area contributed by atoms with Crippen molar-refractivity contribution in [1.29, 1.82) is 0 Å². The van der Waals surface area contributed by atoms with E-state index < -0.39 is 26.4 Å². The van der Waals surface area contributed by atoms with Gasteiger partial charge in [-0.2, -0.15) is 0 Å². The van der Waals surface area contributed by atoms with Gasteiger partial charge in [0, 0.05) is 18.9 Å². The van der Waals surface area contributed by atoms with Crippen LogP contribution in [0.4, 0.5) is 8.78 Å². The van der Waals surface area contributed by atoms with Crippen LogP contribution in [0.3, 0.4) is 0 Å². The SMILES string of the molecule is CCC(=O)CCCS(=O)(=O)c1ccc(F)cc1F. The van der Waals surface area contributed by atoms with Gasteiger partial charge in [0.15, 0.2) is 9.84 Å². The quantitative estimate of drug-likeness (QED) is 0.750. The first-order valence-corrected chi connectivity index (χ1v) is 7.21. The van der Waals surface area contributed by atoms with Crippen molar-refractivity contribution in [2.75, 3.05) is 5.75 Å². The lowest BCUT2D eigenvalue weighted by atomic mass is 10.2. The number of hydrogen-bond donors (Lipinski definition) is 0. The normalized spacial score (nSPS) is 11.5. The number of carbonyl (C=O) groups is 1. The van der Waals surface area contributed by atoms with E-state index in [1.165, 1.54) is 0 Å². The standard InChI is InChI=1S/C12H14F2O3S/c1-2-10(15)4-3-7-18(16,17)12-6-5-9(13)8-11(12)14/h5-6,8H,2-4,7H2,1H3. The molecule has 3 nitrogen and oxygen atoms in total. The second-order valence-corrected chi connectivity index (χ2v) is 5.97. The number of rotatable bonds is 6. The lowest BCUT2D eigenvalue weighted by Crippen LogP contribution is -2.10. The molecule has 18 heavy (non-hydrogen) atoms. The van der Waals surface area contributed by atoms with Gasteiger partial charge in [0.25, 0.3) is 0 Å². The highest BCUT2D eigenvalue weighted by Crippen LogP contribution is 2.18. The Labute approximate surface area is 105 Å². The second-order valence-electron chi connectivity index (χ2n) is 3.89. The smallest absolute Gasteiger partial charge is 0.181 e. The molecule has 0 saturated heterocycles. The van der Waals surface area contributed by atoms with E-state index >= 15 is 0 Å². The van der Waals surface area contributed by atoms with Gasteiger partial charge in [-0.05, 0) is 18.6 Å². The fourth-order valence-corrected chi connectivity index (χ4v) is 2.85. The molecule has 0 aliphatic carbocycles. The number of carbonyl (C=O) groups excluding carboxylic acids is 1. The molecule has 0 aromatic heterocycles. The Hall–Kier alpha value is -1.30. The Morgan fingerprint density at radius 1 is 1.28 bits per heavy atom. The van der Waals surface area contributed by atoms with Crippen molar-refractivity contribution in [3.63, 3.8) is 0 Å². The third-order valence-corrected chi connectivity index (χ3v) is 4.32. The number of benzene rings is 1. The van der Waals surface area contributed by atoms with Gasteiger partial charge in [0.2, 0.25) is 0 Å². The summed E-state index contributed by atoms with van der Waals surface area (Å²) in [5.41, 5.74) is 0. The molecule has 0 saturated carbocycles. The van der Waals surface area contributed by atoms with E-state index in [4.69, 9.17) is 0 Å². The molecule has 0 aliphatic rings. The van der Waals surface area contributed by atoms with Crippen molar-refractivity contribution >= 4 is 15.6 Å². The summed E-state index contributed by atoms with van der Waals surface area (Å²) in [4.78, 5) is 10.5. The molecule has 0 aliphatic heterocycles. The molecule has 6 heteroatoms. The van der Waals surface area contributed by atoms with Crippen LogP contribution in [0.25, 0.3) is 0 Å². The largest absolute Gasteiger partial charge is 0.300 e. The summed E-state index contributed by atoms with van der Waals surface area (Å²) < 4.78 is 49.5. The molecular weight excluding hydrogens is 262 g/mol. The van der Waals surface area contributed by atoms with E-state index in [2.05, 4.69) is 0 Å². The minimum Gasteiger partial charge on any atom is -0.300 e. The van der Waals surface area contributed by atoms with Crippen molar-refractivity contribution in [2.24, 2.45) is 0 Å². The highest BCUT2D eigenvalue weighted by molar-refractivity contribution is 7.91. The molecule has 0 amide bonds. The molecule has 0 bridgehead atoms. The third kappa shape index (κ3) is 3.87. The first kappa shape index (κ1) is 14.8. The third-order valence-electron chi connectivity index (χ3n) is 2.49. The first-order chi connectivity index (χ1) is 8.36. The summed E-state index contributed by atoms with van der Waals surface area (Å²) in [6.07, 6.45) is 0.648. The topological polar surface area (TPSA) is 51.2 Å². The maximum atomic E-state index is 13.3. The Morgan fingerprint density at radius 3 is 2.50 bits per heavy atom. The van der Waals surface area contributed by atoms with Crippen molar-refractivity contribution in [1.82, 2.24) is 0 Å². The minimum absolute atomic E-state index is 0.0372. The predicted octanol–water partition coefficient (Wildman–Crippen LogP) is 2.50. The van der Waals surface area contributed by atoms with Crippen molar-refractivity contribution in [3.8, 4) is 0 Å². The fourth-order valence-electron chi connectivity index (χ4n) is 1.47. The molecule has 0 spiro atoms. The van der Waals surface area contributed by atoms with E-state index in [9.17, 15) is 22.0 Å². The summed E-state index contributed by atoms with van der Waals surface area (Å²) in [6.45, 7) is 1.69. The molecule has 100 valence electrons. The molecule has 1 aromatic rings. The van der Waals surface area contributed by atoms with Crippen LogP contribution >= 0.6 is 0 Å². The molecule has 1 aromatic carbocycles. The number of halogens is 2. The average Bonchev–Trinajstić information content (AvgIpc) is 2.27. The van der Waals surface area contributed by atoms with Crippen molar-refractivity contribution < 1.29 is 22.0 Å². The van der Waals surface area contributed by atoms with Gasteiger partial charge in [-0.3, -0.25) is 4.79 Å². The molecule has 1 rings (SSSR count). The molecule has 0 atom stereocenters. The van der Waals surface area contributed by atoms with Crippen molar-refractivity contribution in [3.05, 3.63) is 29.8 Å². The Kier molecular flexibility index (Phi) is 4.95. The van der Waals surface area contributed by atoms with Crippen LogP contribution < -0.4 is 0 Å². The predicted molar refractivity (Wildman–Crippen MR) is 62.9 cm³/mol. The van der Waals surface area contributed by atoms with E-state index in [1.807, 2.05) is 0 Å². The van der Waals surface area contributed by atoms with Crippen LogP contribution in [0, 0.1) is 11.6 Å². The average molecular weight is 276 g/mol. The number of sulfone groups is 1. The molecule has 0 unspecified atom stereocenters. The summed E-state index contributed by atoms with van der Waals surface area (Å²) in [5, 5.41) is 0. The summed E-state index contributed by atoms with van der Waals surface area (Å²) in [5.74, 6) is -2.28. The lowest BCUT2D eigenvalue weighted by molar-refractivity contribution is -0.118. The molecular formula is C12H14F2O3S. The second kappa shape index (κ2) is 6.04. The maximum Gasteiger partial charge on any atom is 0.181 e. The van der Waals surface area contributed by atoms with Gasteiger partial charge in [0.1, 0.15) is 22.3 Å². The summed E-state index contributed by atoms with van der Waals surface area (Å²) in [7, 11) is -3.81. The van der Waals surface area contributed by atoms with Crippen LogP contribution in [0.5, 0.6) is 0 Å². The van der Waals surface area contributed by atoms with Gasteiger partial charge >= 0.3 is 0 Å². The Morgan fingerprint density at radius 2 is 1.94 bits per heavy atom. The zero-order chi connectivity index (χ0) is 13.8. The molecule has 0 N–H and O–H groups in total. The molecule has 0 fully saturated rings. The van der Waals surface area contributed by atoms with Gasteiger partial charge in [0.05, 0.1) is 5.75 Å². The van der Waals surface area contributed by atoms with Gasteiger partial charge in [-0.25, -0.2) is 17.2 Å². The van der Waals surface area contributed by atoms with E-state index in [0.29, 0.717) is 12.5 Å². The number of hydrogen-bond acceptors (Lipinski definition) is 3. The highest BCUT2D eigenvalue weighted by atomic mass is 32.2. The maximum absolute atomic E-state index is 13.3. The van der Waals surface area contributed by atoms with Crippen LogP contribution in [0.15, 0.2) is 23.1 Å². The lowest BCUT2D eigenvalue weighted by Gasteiger charge is -2.05. The molecule has 0 radical (unpaired) electrons. The zero-order valence-corrected chi connectivity index (χ0v) is 10.8. The van der Waals surface area contributed by atoms with E-state index in [0.717, 1.165) is 12.1 Å². The number of Topliss-reactive ketones (excluding diaryl/α,β-unsaturated/α-hetero) is 1. The highest BCUT2D eigenvalue weighted by Gasteiger charge is 2.19. The number of ketones is 1. The van der Waals surface area contributed by atoms with Gasteiger partial charge < -0.3 is 0 Å². The van der Waals surface area contributed by atoms with Crippen LogP contribution in [-0.2, 0) is 14.6 Å².